The molecule has 54 heavy (non-hydrogen) atoms. The van der Waals surface area contributed by atoms with Crippen molar-refractivity contribution in [3.63, 3.8) is 0 Å². The Bertz CT molecular complexity index is 1980. The fraction of sp³-hybridized carbons (Fsp3) is 0.280. The molecule has 0 unspecified atom stereocenters. The van der Waals surface area contributed by atoms with Crippen molar-refractivity contribution in [2.24, 2.45) is 0 Å². The predicted molar refractivity (Wildman–Crippen MR) is 223 cm³/mol. The van der Waals surface area contributed by atoms with Crippen molar-refractivity contribution in [1.82, 2.24) is 0 Å². The lowest BCUT2D eigenvalue weighted by atomic mass is 9.91. The molecule has 0 bridgehead atoms. The van der Waals surface area contributed by atoms with Crippen molar-refractivity contribution in [2.75, 3.05) is 0 Å². The van der Waals surface area contributed by atoms with Crippen LogP contribution in [-0.2, 0) is 13.2 Å². The summed E-state index contributed by atoms with van der Waals surface area (Å²) < 4.78 is 12.3. The zero-order valence-electron chi connectivity index (χ0n) is 31.8. The molecule has 0 radical (unpaired) electrons. The van der Waals surface area contributed by atoms with Crippen molar-refractivity contribution in [2.45, 2.75) is 91.3 Å². The van der Waals surface area contributed by atoms with Crippen LogP contribution in [0, 0.1) is 0 Å². The Morgan fingerprint density at radius 2 is 0.870 bits per heavy atom. The van der Waals surface area contributed by atoms with Crippen LogP contribution in [0.4, 0.5) is 0 Å². The number of unbranched alkanes of at least 4 members (excludes halogenated alkanes) is 6. The highest BCUT2D eigenvalue weighted by Crippen LogP contribution is 2.35. The van der Waals surface area contributed by atoms with Gasteiger partial charge in [-0.25, -0.2) is 0 Å². The van der Waals surface area contributed by atoms with E-state index in [9.17, 15) is 9.59 Å². The Kier molecular flexibility index (Phi) is 13.9. The summed E-state index contributed by atoms with van der Waals surface area (Å²) in [6.45, 7) is 5.25. The first kappa shape index (κ1) is 38.3. The summed E-state index contributed by atoms with van der Waals surface area (Å²) in [5.41, 5.74) is 7.37. The number of benzene rings is 6. The molecule has 0 aliphatic carbocycles. The zero-order chi connectivity index (χ0) is 37.5. The van der Waals surface area contributed by atoms with Gasteiger partial charge in [-0.2, -0.15) is 0 Å². The van der Waals surface area contributed by atoms with Gasteiger partial charge in [-0.3, -0.25) is 9.59 Å². The first-order valence-corrected chi connectivity index (χ1v) is 19.7. The number of ketones is 2. The van der Waals surface area contributed by atoms with E-state index in [1.807, 2.05) is 97.1 Å². The maximum absolute atomic E-state index is 13.7. The second kappa shape index (κ2) is 19.6. The SMILES string of the molecule is CCCCCCC(=O)c1cc(OCc2ccccc2)ccc1-c1ccc2cc(-c3ccc(OCc4ccccc4)cc3C(=O)CCCCCC)ccc2c1. The molecule has 0 saturated carbocycles. The fourth-order valence-electron chi connectivity index (χ4n) is 6.95. The van der Waals surface area contributed by atoms with E-state index in [-0.39, 0.29) is 11.6 Å². The van der Waals surface area contributed by atoms with Gasteiger partial charge in [0.25, 0.3) is 0 Å². The summed E-state index contributed by atoms with van der Waals surface area (Å²) >= 11 is 0. The average molecular weight is 717 g/mol. The fourth-order valence-corrected chi connectivity index (χ4v) is 6.95. The summed E-state index contributed by atoms with van der Waals surface area (Å²) in [6, 6.07) is 44.7. The minimum atomic E-state index is 0.143. The molecule has 0 aromatic heterocycles. The largest absolute Gasteiger partial charge is 0.489 e. The molecule has 0 spiro atoms. The summed E-state index contributed by atoms with van der Waals surface area (Å²) in [6.07, 6.45) is 9.42. The van der Waals surface area contributed by atoms with E-state index in [2.05, 4.69) is 50.2 Å². The molecular weight excluding hydrogens is 665 g/mol. The highest BCUT2D eigenvalue weighted by molar-refractivity contribution is 6.05. The Morgan fingerprint density at radius 3 is 1.28 bits per heavy atom. The maximum Gasteiger partial charge on any atom is 0.163 e. The topological polar surface area (TPSA) is 52.6 Å². The summed E-state index contributed by atoms with van der Waals surface area (Å²) in [4.78, 5) is 27.4. The second-order valence-corrected chi connectivity index (χ2v) is 14.2. The molecular formula is C50H52O4. The molecule has 0 heterocycles. The molecule has 4 nitrogen and oxygen atoms in total. The highest BCUT2D eigenvalue weighted by Gasteiger charge is 2.18. The van der Waals surface area contributed by atoms with Crippen LogP contribution < -0.4 is 9.47 Å². The van der Waals surface area contributed by atoms with Crippen molar-refractivity contribution in [3.8, 4) is 33.8 Å². The predicted octanol–water partition coefficient (Wildman–Crippen LogP) is 13.6. The van der Waals surface area contributed by atoms with Gasteiger partial charge in [0.05, 0.1) is 0 Å². The van der Waals surface area contributed by atoms with Crippen LogP contribution in [0.25, 0.3) is 33.0 Å². The molecule has 0 N–H and O–H groups in total. The zero-order valence-corrected chi connectivity index (χ0v) is 31.8. The Labute approximate surface area is 321 Å². The Hall–Kier alpha value is -5.48. The number of carbonyl (C=O) groups excluding carboxylic acids is 2. The van der Waals surface area contributed by atoms with Crippen molar-refractivity contribution in [3.05, 3.63) is 156 Å². The molecule has 0 aliphatic rings. The minimum Gasteiger partial charge on any atom is -0.489 e. The molecule has 0 atom stereocenters. The van der Waals surface area contributed by atoms with Crippen molar-refractivity contribution in [1.29, 1.82) is 0 Å². The molecule has 4 heteroatoms. The van der Waals surface area contributed by atoms with E-state index >= 15 is 0 Å². The molecule has 276 valence electrons. The van der Waals surface area contributed by atoms with Gasteiger partial charge < -0.3 is 9.47 Å². The van der Waals surface area contributed by atoms with Gasteiger partial charge in [0, 0.05) is 24.0 Å². The molecule has 0 amide bonds. The molecule has 6 aromatic rings. The second-order valence-electron chi connectivity index (χ2n) is 14.2. The standard InChI is InChI=1S/C50H52O4/c1-3-5-7-15-21-49(51)47-33-43(53-35-37-17-11-9-12-18-37)27-29-45(47)41-25-23-40-32-42(26-24-39(40)31-41)46-30-28-44(54-36-38-19-13-10-14-20-38)34-48(46)50(52)22-16-8-6-4-2/h9-14,17-20,23-34H,3-8,15-16,21-22,35-36H2,1-2H3. The van der Waals surface area contributed by atoms with Gasteiger partial charge in [0.2, 0.25) is 0 Å². The smallest absolute Gasteiger partial charge is 0.163 e. The minimum absolute atomic E-state index is 0.143. The highest BCUT2D eigenvalue weighted by atomic mass is 16.5. The van der Waals surface area contributed by atoms with Crippen LogP contribution in [0.1, 0.15) is 110 Å². The van der Waals surface area contributed by atoms with E-state index in [0.29, 0.717) is 48.7 Å². The number of ether oxygens (including phenoxy) is 2. The van der Waals surface area contributed by atoms with E-state index in [1.54, 1.807) is 0 Å². The summed E-state index contributed by atoms with van der Waals surface area (Å²) in [5.74, 6) is 1.67. The van der Waals surface area contributed by atoms with Crippen molar-refractivity contribution >= 4 is 22.3 Å². The van der Waals surface area contributed by atoms with Crippen LogP contribution in [0.15, 0.2) is 133 Å². The van der Waals surface area contributed by atoms with Gasteiger partial charge in [-0.15, -0.1) is 0 Å². The first-order valence-electron chi connectivity index (χ1n) is 19.7. The number of carbonyl (C=O) groups is 2. The third-order valence-corrected chi connectivity index (χ3v) is 10.1. The maximum atomic E-state index is 13.7. The van der Waals surface area contributed by atoms with Crippen LogP contribution in [0.3, 0.4) is 0 Å². The Balaban J connectivity index is 1.28. The summed E-state index contributed by atoms with van der Waals surface area (Å²) in [5, 5.41) is 2.13. The van der Waals surface area contributed by atoms with Crippen LogP contribution >= 0.6 is 0 Å². The molecule has 0 aliphatic heterocycles. The van der Waals surface area contributed by atoms with Gasteiger partial charge >= 0.3 is 0 Å². The molecule has 6 aromatic carbocycles. The molecule has 6 rings (SSSR count). The number of hydrogen-bond acceptors (Lipinski definition) is 4. The van der Waals surface area contributed by atoms with E-state index in [0.717, 1.165) is 95.5 Å². The van der Waals surface area contributed by atoms with E-state index in [1.165, 1.54) is 0 Å². The van der Waals surface area contributed by atoms with Crippen LogP contribution in [-0.4, -0.2) is 11.6 Å². The van der Waals surface area contributed by atoms with Crippen molar-refractivity contribution < 1.29 is 19.1 Å². The molecule has 0 fully saturated rings. The van der Waals surface area contributed by atoms with E-state index < -0.39 is 0 Å². The third-order valence-electron chi connectivity index (χ3n) is 10.1. The van der Waals surface area contributed by atoms with Gasteiger partial charge in [0.1, 0.15) is 24.7 Å². The average Bonchev–Trinajstić information content (AvgIpc) is 3.22. The number of hydrogen-bond donors (Lipinski definition) is 0. The van der Waals surface area contributed by atoms with Crippen LogP contribution in [0.5, 0.6) is 11.5 Å². The lowest BCUT2D eigenvalue weighted by Crippen LogP contribution is -2.04. The van der Waals surface area contributed by atoms with E-state index in [4.69, 9.17) is 9.47 Å². The lowest BCUT2D eigenvalue weighted by molar-refractivity contribution is 0.0971. The Morgan fingerprint density at radius 1 is 0.444 bits per heavy atom. The number of fused-ring (bicyclic) bond motifs is 1. The summed E-state index contributed by atoms with van der Waals surface area (Å²) in [7, 11) is 0. The monoisotopic (exact) mass is 716 g/mol. The van der Waals surface area contributed by atoms with Crippen LogP contribution in [0.2, 0.25) is 0 Å². The number of Topliss-reactive ketones (excluding diaryl/α,β-unsaturated/α-hetero) is 2. The van der Waals surface area contributed by atoms with Gasteiger partial charge in [-0.1, -0.05) is 137 Å². The van der Waals surface area contributed by atoms with Gasteiger partial charge in [0.15, 0.2) is 11.6 Å². The van der Waals surface area contributed by atoms with Gasteiger partial charge in [-0.05, 0) is 106 Å². The lowest BCUT2D eigenvalue weighted by Gasteiger charge is -2.15. The molecule has 0 saturated heterocycles. The normalized spacial score (nSPS) is 11.1. The first-order chi connectivity index (χ1) is 26.5. The third kappa shape index (κ3) is 10.3. The number of rotatable bonds is 20. The quantitative estimate of drug-likeness (QED) is 0.0583.